The van der Waals surface area contributed by atoms with Gasteiger partial charge in [-0.3, -0.25) is 4.79 Å². The molecule has 2 heterocycles. The number of fused-ring (bicyclic) bond motifs is 2. The standard InChI is InChI=1S/C7H9IO4/c1-10-6-3-2-11-7(12-3)5(9)4(6)8/h3-4,6-7H,2H2,1H3/t3-,4?,6-,7-/m1/s1. The minimum absolute atomic E-state index is 0.0174. The molecule has 4 atom stereocenters. The van der Waals surface area contributed by atoms with Gasteiger partial charge in [0.1, 0.15) is 16.1 Å². The van der Waals surface area contributed by atoms with Crippen LogP contribution in [0, 0.1) is 0 Å². The highest BCUT2D eigenvalue weighted by Gasteiger charge is 2.49. The van der Waals surface area contributed by atoms with Gasteiger partial charge in [-0.25, -0.2) is 0 Å². The van der Waals surface area contributed by atoms with Gasteiger partial charge in [-0.2, -0.15) is 0 Å². The van der Waals surface area contributed by atoms with Crippen LogP contribution in [0.2, 0.25) is 0 Å². The Balaban J connectivity index is 2.20. The summed E-state index contributed by atoms with van der Waals surface area (Å²) in [4.78, 5) is 11.4. The summed E-state index contributed by atoms with van der Waals surface area (Å²) in [5.74, 6) is -0.0174. The molecule has 0 aromatic rings. The number of hydrogen-bond acceptors (Lipinski definition) is 4. The summed E-state index contributed by atoms with van der Waals surface area (Å²) in [7, 11) is 1.59. The number of ether oxygens (including phenoxy) is 3. The molecule has 0 spiro atoms. The molecule has 0 amide bonds. The molecule has 0 aliphatic carbocycles. The molecular weight excluding hydrogens is 275 g/mol. The Hall–Kier alpha value is 0.280. The zero-order valence-electron chi connectivity index (χ0n) is 6.53. The molecule has 0 aromatic heterocycles. The smallest absolute Gasteiger partial charge is 0.219 e. The fraction of sp³-hybridized carbons (Fsp3) is 0.857. The van der Waals surface area contributed by atoms with Gasteiger partial charge in [0.05, 0.1) is 6.61 Å². The van der Waals surface area contributed by atoms with E-state index in [0.717, 1.165) is 0 Å². The SMILES string of the molecule is CO[C@H]1C(I)C(=O)[C@@H]2OC[C@H]1O2. The Morgan fingerprint density at radius 2 is 2.42 bits per heavy atom. The van der Waals surface area contributed by atoms with E-state index in [4.69, 9.17) is 14.2 Å². The van der Waals surface area contributed by atoms with E-state index in [2.05, 4.69) is 22.6 Å². The van der Waals surface area contributed by atoms with Crippen LogP contribution in [0.1, 0.15) is 0 Å². The fourth-order valence-corrected chi connectivity index (χ4v) is 2.54. The topological polar surface area (TPSA) is 44.8 Å². The number of halogens is 1. The van der Waals surface area contributed by atoms with E-state index in [-0.39, 0.29) is 21.9 Å². The molecule has 12 heavy (non-hydrogen) atoms. The highest BCUT2D eigenvalue weighted by atomic mass is 127. The predicted octanol–water partition coefficient (Wildman–Crippen LogP) is 0.129. The quantitative estimate of drug-likeness (QED) is 0.507. The number of Topliss-reactive ketones (excluding diaryl/α,β-unsaturated/α-hetero) is 1. The molecule has 0 saturated carbocycles. The van der Waals surface area contributed by atoms with Crippen molar-refractivity contribution < 1.29 is 19.0 Å². The van der Waals surface area contributed by atoms with E-state index in [9.17, 15) is 4.79 Å². The van der Waals surface area contributed by atoms with E-state index in [1.165, 1.54) is 0 Å². The average molecular weight is 284 g/mol. The second-order valence-electron chi connectivity index (χ2n) is 2.84. The number of hydrogen-bond donors (Lipinski definition) is 0. The molecule has 2 saturated heterocycles. The molecule has 1 unspecified atom stereocenters. The van der Waals surface area contributed by atoms with E-state index in [1.54, 1.807) is 7.11 Å². The summed E-state index contributed by atoms with van der Waals surface area (Å²) in [5, 5.41) is 0. The van der Waals surface area contributed by atoms with Crippen molar-refractivity contribution in [3.63, 3.8) is 0 Å². The van der Waals surface area contributed by atoms with Crippen LogP contribution in [0.25, 0.3) is 0 Å². The summed E-state index contributed by atoms with van der Waals surface area (Å²) in [6.07, 6.45) is -0.861. The molecule has 2 aliphatic heterocycles. The zero-order valence-corrected chi connectivity index (χ0v) is 8.68. The first-order valence-corrected chi connectivity index (χ1v) is 4.96. The maximum absolute atomic E-state index is 11.4. The minimum Gasteiger partial charge on any atom is -0.377 e. The molecule has 68 valence electrons. The molecule has 2 aliphatic rings. The Morgan fingerprint density at radius 1 is 1.67 bits per heavy atom. The van der Waals surface area contributed by atoms with E-state index in [0.29, 0.717) is 6.61 Å². The Labute approximate surface area is 83.7 Å². The molecular formula is C7H9IO4. The van der Waals surface area contributed by atoms with Crippen molar-refractivity contribution in [2.45, 2.75) is 22.4 Å². The van der Waals surface area contributed by atoms with Crippen LogP contribution in [0.4, 0.5) is 0 Å². The van der Waals surface area contributed by atoms with Gasteiger partial charge in [0.15, 0.2) is 0 Å². The van der Waals surface area contributed by atoms with Gasteiger partial charge in [0.25, 0.3) is 0 Å². The van der Waals surface area contributed by atoms with Gasteiger partial charge in [-0.1, -0.05) is 22.6 Å². The molecule has 4 nitrogen and oxygen atoms in total. The average Bonchev–Trinajstić information content (AvgIpc) is 2.49. The number of alkyl halides is 1. The summed E-state index contributed by atoms with van der Waals surface area (Å²) in [5.41, 5.74) is 0. The normalized spacial score (nSPS) is 46.7. The zero-order chi connectivity index (χ0) is 8.72. The van der Waals surface area contributed by atoms with Crippen LogP contribution >= 0.6 is 22.6 Å². The van der Waals surface area contributed by atoms with Crippen molar-refractivity contribution in [2.75, 3.05) is 13.7 Å². The first kappa shape index (κ1) is 8.86. The molecule has 0 aromatic carbocycles. The highest BCUT2D eigenvalue weighted by Crippen LogP contribution is 2.30. The summed E-state index contributed by atoms with van der Waals surface area (Å²) >= 11 is 2.08. The van der Waals surface area contributed by atoms with Crippen LogP contribution in [0.5, 0.6) is 0 Å². The second kappa shape index (κ2) is 3.21. The van der Waals surface area contributed by atoms with Gasteiger partial charge >= 0.3 is 0 Å². The number of carbonyl (C=O) groups is 1. The van der Waals surface area contributed by atoms with Crippen LogP contribution in [-0.2, 0) is 19.0 Å². The molecule has 0 N–H and O–H groups in total. The Kier molecular flexibility index (Phi) is 2.37. The second-order valence-corrected chi connectivity index (χ2v) is 4.19. The lowest BCUT2D eigenvalue weighted by Gasteiger charge is -2.29. The predicted molar refractivity (Wildman–Crippen MR) is 48.2 cm³/mol. The van der Waals surface area contributed by atoms with E-state index in [1.807, 2.05) is 0 Å². The van der Waals surface area contributed by atoms with Crippen LogP contribution < -0.4 is 0 Å². The summed E-state index contributed by atoms with van der Waals surface area (Å²) in [6, 6.07) is 0. The summed E-state index contributed by atoms with van der Waals surface area (Å²) < 4.78 is 15.4. The fourth-order valence-electron chi connectivity index (χ4n) is 1.49. The monoisotopic (exact) mass is 284 g/mol. The van der Waals surface area contributed by atoms with Gasteiger partial charge in [0.2, 0.25) is 12.1 Å². The maximum atomic E-state index is 11.4. The largest absolute Gasteiger partial charge is 0.377 e. The third-order valence-corrected chi connectivity index (χ3v) is 3.46. The lowest BCUT2D eigenvalue weighted by molar-refractivity contribution is -0.161. The van der Waals surface area contributed by atoms with Crippen molar-refractivity contribution in [3.8, 4) is 0 Å². The number of rotatable bonds is 1. The van der Waals surface area contributed by atoms with Crippen molar-refractivity contribution in [3.05, 3.63) is 0 Å². The first-order valence-electron chi connectivity index (χ1n) is 3.71. The summed E-state index contributed by atoms with van der Waals surface area (Å²) in [6.45, 7) is 0.467. The van der Waals surface area contributed by atoms with E-state index < -0.39 is 6.29 Å². The van der Waals surface area contributed by atoms with Gasteiger partial charge < -0.3 is 14.2 Å². The van der Waals surface area contributed by atoms with Gasteiger partial charge in [-0.05, 0) is 0 Å². The molecule has 5 heteroatoms. The molecule has 2 fully saturated rings. The number of ketones is 1. The van der Waals surface area contributed by atoms with Crippen molar-refractivity contribution in [1.29, 1.82) is 0 Å². The van der Waals surface area contributed by atoms with Crippen molar-refractivity contribution >= 4 is 28.4 Å². The van der Waals surface area contributed by atoms with Gasteiger partial charge in [-0.15, -0.1) is 0 Å². The first-order chi connectivity index (χ1) is 5.74. The van der Waals surface area contributed by atoms with Gasteiger partial charge in [0, 0.05) is 7.11 Å². The van der Waals surface area contributed by atoms with Crippen LogP contribution in [0.3, 0.4) is 0 Å². The molecule has 2 bridgehead atoms. The third kappa shape index (κ3) is 1.19. The molecule has 0 radical (unpaired) electrons. The number of carbonyl (C=O) groups excluding carboxylic acids is 1. The van der Waals surface area contributed by atoms with Crippen molar-refractivity contribution in [2.24, 2.45) is 0 Å². The van der Waals surface area contributed by atoms with Crippen LogP contribution in [-0.4, -0.2) is 41.9 Å². The highest BCUT2D eigenvalue weighted by molar-refractivity contribution is 14.1. The lowest BCUT2D eigenvalue weighted by atomic mass is 10.1. The Morgan fingerprint density at radius 3 is 3.08 bits per heavy atom. The Bertz CT molecular complexity index is 208. The lowest BCUT2D eigenvalue weighted by Crippen LogP contribution is -2.48. The molecule has 2 rings (SSSR count). The minimum atomic E-state index is -0.636. The maximum Gasteiger partial charge on any atom is 0.219 e. The van der Waals surface area contributed by atoms with E-state index >= 15 is 0 Å². The van der Waals surface area contributed by atoms with Crippen molar-refractivity contribution in [1.82, 2.24) is 0 Å². The third-order valence-electron chi connectivity index (χ3n) is 2.14. The van der Waals surface area contributed by atoms with Crippen LogP contribution in [0.15, 0.2) is 0 Å². The number of methoxy groups -OCH3 is 1.